The first kappa shape index (κ1) is 18.9. The Labute approximate surface area is 153 Å². The third-order valence-electron chi connectivity index (χ3n) is 4.45. The van der Waals surface area contributed by atoms with Gasteiger partial charge in [-0.2, -0.15) is 13.2 Å². The van der Waals surface area contributed by atoms with E-state index >= 15 is 0 Å². The van der Waals surface area contributed by atoms with Gasteiger partial charge in [-0.15, -0.1) is 11.8 Å². The van der Waals surface area contributed by atoms with E-state index in [1.54, 1.807) is 0 Å². The van der Waals surface area contributed by atoms with Gasteiger partial charge in [0.25, 0.3) is 0 Å². The first-order chi connectivity index (χ1) is 12.3. The van der Waals surface area contributed by atoms with E-state index in [1.165, 1.54) is 22.7 Å². The Balaban J connectivity index is 1.81. The number of anilines is 2. The highest BCUT2D eigenvalue weighted by Crippen LogP contribution is 2.36. The molecule has 2 heterocycles. The van der Waals surface area contributed by atoms with Crippen molar-refractivity contribution < 1.29 is 22.8 Å². The zero-order valence-corrected chi connectivity index (χ0v) is 15.0. The minimum Gasteiger partial charge on any atom is -0.370 e. The van der Waals surface area contributed by atoms with Crippen LogP contribution in [0.2, 0.25) is 0 Å². The van der Waals surface area contributed by atoms with Gasteiger partial charge in [0.05, 0.1) is 28.6 Å². The third-order valence-corrected chi connectivity index (χ3v) is 5.40. The maximum Gasteiger partial charge on any atom is 0.416 e. The molecule has 0 saturated carbocycles. The molecule has 2 aliphatic heterocycles. The summed E-state index contributed by atoms with van der Waals surface area (Å²) in [5.41, 5.74) is -0.0689. The summed E-state index contributed by atoms with van der Waals surface area (Å²) in [6.45, 7) is 1.34. The molecule has 0 bridgehead atoms. The van der Waals surface area contributed by atoms with E-state index in [-0.39, 0.29) is 18.1 Å². The van der Waals surface area contributed by atoms with Gasteiger partial charge in [-0.3, -0.25) is 9.59 Å². The standard InChI is InChI=1S/C17H20F3N3O2S/c18-17(19,20)12-4-5-14(22-6-2-1-3-7-22)13(8-12)21-15(24)9-23-11-26-10-16(23)25/h4-5,8H,1-3,6-7,9-11H2,(H,21,24). The van der Waals surface area contributed by atoms with Gasteiger partial charge in [-0.25, -0.2) is 0 Å². The van der Waals surface area contributed by atoms with Crippen LogP contribution in [0.1, 0.15) is 24.8 Å². The predicted octanol–water partition coefficient (Wildman–Crippen LogP) is 3.17. The average Bonchev–Trinajstić information content (AvgIpc) is 2.99. The van der Waals surface area contributed by atoms with Crippen LogP contribution in [-0.2, 0) is 15.8 Å². The zero-order valence-electron chi connectivity index (χ0n) is 14.1. The molecule has 0 aliphatic carbocycles. The molecule has 1 aromatic carbocycles. The molecule has 5 nitrogen and oxygen atoms in total. The Morgan fingerprint density at radius 2 is 1.92 bits per heavy atom. The molecule has 0 radical (unpaired) electrons. The van der Waals surface area contributed by atoms with Gasteiger partial charge in [0.15, 0.2) is 0 Å². The maximum absolute atomic E-state index is 13.1. The topological polar surface area (TPSA) is 52.7 Å². The molecule has 3 rings (SSSR count). The molecular formula is C17H20F3N3O2S. The highest BCUT2D eigenvalue weighted by molar-refractivity contribution is 8.00. The van der Waals surface area contributed by atoms with Crippen LogP contribution in [0.25, 0.3) is 0 Å². The normalized spacial score (nSPS) is 18.3. The maximum atomic E-state index is 13.1. The average molecular weight is 387 g/mol. The number of carbonyl (C=O) groups is 2. The van der Waals surface area contributed by atoms with Crippen LogP contribution in [0, 0.1) is 0 Å². The second kappa shape index (κ2) is 7.77. The van der Waals surface area contributed by atoms with Crippen molar-refractivity contribution in [1.82, 2.24) is 4.90 Å². The number of nitrogens with one attached hydrogen (secondary N) is 1. The van der Waals surface area contributed by atoms with Crippen molar-refractivity contribution in [3.63, 3.8) is 0 Å². The number of hydrogen-bond acceptors (Lipinski definition) is 4. The van der Waals surface area contributed by atoms with Gasteiger partial charge in [0.2, 0.25) is 11.8 Å². The van der Waals surface area contributed by atoms with Gasteiger partial charge in [0, 0.05) is 13.1 Å². The van der Waals surface area contributed by atoms with Crippen molar-refractivity contribution in [1.29, 1.82) is 0 Å². The Kier molecular flexibility index (Phi) is 5.64. The first-order valence-corrected chi connectivity index (χ1v) is 9.61. The molecule has 2 amide bonds. The molecule has 9 heteroatoms. The van der Waals surface area contributed by atoms with Gasteiger partial charge < -0.3 is 15.1 Å². The quantitative estimate of drug-likeness (QED) is 0.862. The highest BCUT2D eigenvalue weighted by Gasteiger charge is 2.32. The highest BCUT2D eigenvalue weighted by atomic mass is 32.2. The number of nitrogens with zero attached hydrogens (tertiary/aromatic N) is 2. The fraction of sp³-hybridized carbons (Fsp3) is 0.529. The Morgan fingerprint density at radius 3 is 2.54 bits per heavy atom. The van der Waals surface area contributed by atoms with E-state index in [9.17, 15) is 22.8 Å². The second-order valence-electron chi connectivity index (χ2n) is 6.39. The number of benzene rings is 1. The fourth-order valence-electron chi connectivity index (χ4n) is 3.13. The van der Waals surface area contributed by atoms with Crippen molar-refractivity contribution in [3.8, 4) is 0 Å². The van der Waals surface area contributed by atoms with Crippen molar-refractivity contribution >= 4 is 35.0 Å². The van der Waals surface area contributed by atoms with Crippen LogP contribution >= 0.6 is 11.8 Å². The minimum atomic E-state index is -4.48. The number of piperidine rings is 1. The minimum absolute atomic E-state index is 0.134. The Bertz CT molecular complexity index is 690. The summed E-state index contributed by atoms with van der Waals surface area (Å²) in [6.07, 6.45) is -1.46. The number of alkyl halides is 3. The van der Waals surface area contributed by atoms with Gasteiger partial charge in [0.1, 0.15) is 6.54 Å². The lowest BCUT2D eigenvalue weighted by Gasteiger charge is -2.31. The molecule has 26 heavy (non-hydrogen) atoms. The zero-order chi connectivity index (χ0) is 18.7. The summed E-state index contributed by atoms with van der Waals surface area (Å²) in [5.74, 6) is 0.132. The predicted molar refractivity (Wildman–Crippen MR) is 95.2 cm³/mol. The monoisotopic (exact) mass is 387 g/mol. The van der Waals surface area contributed by atoms with E-state index in [4.69, 9.17) is 0 Å². The molecule has 0 aromatic heterocycles. The number of amides is 2. The molecule has 2 aliphatic rings. The molecule has 142 valence electrons. The molecule has 1 N–H and O–H groups in total. The first-order valence-electron chi connectivity index (χ1n) is 8.46. The smallest absolute Gasteiger partial charge is 0.370 e. The van der Waals surface area contributed by atoms with E-state index < -0.39 is 17.6 Å². The van der Waals surface area contributed by atoms with E-state index in [1.807, 2.05) is 4.90 Å². The molecular weight excluding hydrogens is 367 g/mol. The van der Waals surface area contributed by atoms with Crippen LogP contribution in [0.3, 0.4) is 0 Å². The summed E-state index contributed by atoms with van der Waals surface area (Å²) in [4.78, 5) is 27.3. The number of hydrogen-bond donors (Lipinski definition) is 1. The number of rotatable bonds is 4. The van der Waals surface area contributed by atoms with E-state index in [2.05, 4.69) is 5.32 Å². The molecule has 0 atom stereocenters. The summed E-state index contributed by atoms with van der Waals surface area (Å²) >= 11 is 1.41. The molecule has 1 aromatic rings. The molecule has 0 spiro atoms. The van der Waals surface area contributed by atoms with Gasteiger partial charge in [-0.05, 0) is 37.5 Å². The third kappa shape index (κ3) is 4.44. The van der Waals surface area contributed by atoms with Crippen LogP contribution in [0.4, 0.5) is 24.5 Å². The molecule has 2 fully saturated rings. The fourth-order valence-corrected chi connectivity index (χ4v) is 4.03. The van der Waals surface area contributed by atoms with Crippen molar-refractivity contribution in [2.24, 2.45) is 0 Å². The number of halogens is 3. The summed E-state index contributed by atoms with van der Waals surface area (Å²) in [6, 6.07) is 3.43. The summed E-state index contributed by atoms with van der Waals surface area (Å²) < 4.78 is 39.2. The molecule has 0 unspecified atom stereocenters. The number of thioether (sulfide) groups is 1. The van der Waals surface area contributed by atoms with Gasteiger partial charge >= 0.3 is 6.18 Å². The lowest BCUT2D eigenvalue weighted by molar-refractivity contribution is -0.137. The van der Waals surface area contributed by atoms with Crippen LogP contribution in [-0.4, -0.2) is 48.0 Å². The largest absolute Gasteiger partial charge is 0.416 e. The van der Waals surface area contributed by atoms with Crippen molar-refractivity contribution in [2.45, 2.75) is 25.4 Å². The van der Waals surface area contributed by atoms with E-state index in [0.29, 0.717) is 17.3 Å². The second-order valence-corrected chi connectivity index (χ2v) is 7.35. The van der Waals surface area contributed by atoms with Crippen LogP contribution in [0.15, 0.2) is 18.2 Å². The van der Waals surface area contributed by atoms with Crippen molar-refractivity contribution in [3.05, 3.63) is 23.8 Å². The SMILES string of the molecule is O=C(CN1CSCC1=O)Nc1cc(C(F)(F)F)ccc1N1CCCCC1. The Hall–Kier alpha value is -1.90. The van der Waals surface area contributed by atoms with Crippen LogP contribution < -0.4 is 10.2 Å². The lowest BCUT2D eigenvalue weighted by atomic mass is 10.1. The van der Waals surface area contributed by atoms with Crippen LogP contribution in [0.5, 0.6) is 0 Å². The van der Waals surface area contributed by atoms with E-state index in [0.717, 1.165) is 44.5 Å². The summed E-state index contributed by atoms with van der Waals surface area (Å²) in [7, 11) is 0. The van der Waals surface area contributed by atoms with Crippen molar-refractivity contribution in [2.75, 3.05) is 41.5 Å². The lowest BCUT2D eigenvalue weighted by Crippen LogP contribution is -2.35. The van der Waals surface area contributed by atoms with Gasteiger partial charge in [-0.1, -0.05) is 0 Å². The number of carbonyl (C=O) groups excluding carboxylic acids is 2. The summed E-state index contributed by atoms with van der Waals surface area (Å²) in [5, 5.41) is 2.58. The Morgan fingerprint density at radius 1 is 1.19 bits per heavy atom. The molecule has 2 saturated heterocycles.